The molecule has 2 N–H and O–H groups in total. The number of allylic oxidation sites excluding steroid dienone is 1. The Morgan fingerprint density at radius 2 is 2.40 bits per heavy atom. The van der Waals surface area contributed by atoms with E-state index in [1.165, 1.54) is 0 Å². The Balaban J connectivity index is 2.98. The molecule has 10 heavy (non-hydrogen) atoms. The van der Waals surface area contributed by atoms with Crippen LogP contribution >= 0.6 is 35.1 Å². The van der Waals surface area contributed by atoms with Gasteiger partial charge in [-0.25, -0.2) is 4.72 Å². The van der Waals surface area contributed by atoms with Crippen molar-refractivity contribution in [2.24, 2.45) is 0 Å². The summed E-state index contributed by atoms with van der Waals surface area (Å²) in [6, 6.07) is 1.77. The molecule has 1 unspecified atom stereocenters. The molecule has 0 bridgehead atoms. The number of aliphatic hydroxyl groups is 1. The zero-order valence-corrected chi connectivity index (χ0v) is 6.89. The fourth-order valence-corrected chi connectivity index (χ4v) is 1.58. The van der Waals surface area contributed by atoms with E-state index in [1.54, 1.807) is 6.07 Å². The van der Waals surface area contributed by atoms with Crippen LogP contribution in [-0.4, -0.2) is 10.3 Å². The van der Waals surface area contributed by atoms with Gasteiger partial charge in [-0.1, -0.05) is 23.2 Å². The van der Waals surface area contributed by atoms with E-state index in [2.05, 4.69) is 4.72 Å². The molecule has 0 aromatic carbocycles. The first-order chi connectivity index (χ1) is 4.58. The highest BCUT2D eigenvalue weighted by Crippen LogP contribution is 2.38. The topological polar surface area (TPSA) is 56.0 Å². The molecule has 0 amide bonds. The van der Waals surface area contributed by atoms with Crippen LogP contribution in [0.4, 0.5) is 0 Å². The Morgan fingerprint density at radius 3 is 2.60 bits per heavy atom. The number of rotatable bonds is 0. The Labute approximate surface area is 71.7 Å². The molecule has 3 nitrogen and oxygen atoms in total. The second kappa shape index (κ2) is 2.61. The summed E-state index contributed by atoms with van der Waals surface area (Å²) in [6.07, 6.45) is 0. The lowest BCUT2D eigenvalue weighted by Crippen LogP contribution is -2.30. The predicted molar refractivity (Wildman–Crippen MR) is 40.0 cm³/mol. The fourth-order valence-electron chi connectivity index (χ4n) is 0.431. The maximum Gasteiger partial charge on any atom is 0.242 e. The van der Waals surface area contributed by atoms with E-state index >= 15 is 0 Å². The van der Waals surface area contributed by atoms with Gasteiger partial charge >= 0.3 is 0 Å². The van der Waals surface area contributed by atoms with Crippen molar-refractivity contribution in [1.82, 2.24) is 4.72 Å². The lowest BCUT2D eigenvalue weighted by atomic mass is 10.4. The highest BCUT2D eigenvalue weighted by atomic mass is 35.5. The summed E-state index contributed by atoms with van der Waals surface area (Å²) < 4.78 is 2.36. The monoisotopic (exact) mass is 196 g/mol. The second-order valence-corrected chi connectivity index (χ2v) is 3.32. The molecule has 0 saturated carbocycles. The molecular weight excluding hydrogens is 195 g/mol. The van der Waals surface area contributed by atoms with Gasteiger partial charge in [-0.05, 0) is 11.9 Å². The SMILES string of the molecule is N#CC1=C(Cl)C(O)(Cl)NS1. The summed E-state index contributed by atoms with van der Waals surface area (Å²) in [5.41, 5.74) is 0. The van der Waals surface area contributed by atoms with Crippen molar-refractivity contribution in [2.75, 3.05) is 0 Å². The molecule has 0 aliphatic carbocycles. The molecule has 1 atom stereocenters. The van der Waals surface area contributed by atoms with Crippen LogP contribution in [-0.2, 0) is 0 Å². The van der Waals surface area contributed by atoms with E-state index < -0.39 is 5.18 Å². The van der Waals surface area contributed by atoms with Crippen LogP contribution in [0, 0.1) is 11.3 Å². The molecule has 0 saturated heterocycles. The predicted octanol–water partition coefficient (Wildman–Crippen LogP) is 1.10. The molecule has 0 radical (unpaired) electrons. The minimum absolute atomic E-state index is 0.0679. The second-order valence-electron chi connectivity index (χ2n) is 1.58. The molecule has 1 aliphatic rings. The van der Waals surface area contributed by atoms with Crippen molar-refractivity contribution in [3.8, 4) is 6.07 Å². The maximum atomic E-state index is 9.06. The van der Waals surface area contributed by atoms with Gasteiger partial charge in [-0.15, -0.1) is 0 Å². The molecule has 0 spiro atoms. The van der Waals surface area contributed by atoms with Gasteiger partial charge in [0.2, 0.25) is 5.18 Å². The Bertz CT molecular complexity index is 232. The van der Waals surface area contributed by atoms with E-state index in [0.29, 0.717) is 0 Å². The van der Waals surface area contributed by atoms with Gasteiger partial charge in [0.1, 0.15) is 16.0 Å². The minimum atomic E-state index is -1.77. The smallest absolute Gasteiger partial charge is 0.242 e. The summed E-state index contributed by atoms with van der Waals surface area (Å²) in [4.78, 5) is 0.194. The summed E-state index contributed by atoms with van der Waals surface area (Å²) in [7, 11) is 0. The molecule has 0 aromatic rings. The molecule has 6 heteroatoms. The third-order valence-corrected chi connectivity index (χ3v) is 2.84. The molecule has 0 fully saturated rings. The molecule has 1 heterocycles. The Kier molecular flexibility index (Phi) is 2.13. The van der Waals surface area contributed by atoms with Crippen molar-refractivity contribution in [2.45, 2.75) is 5.18 Å². The van der Waals surface area contributed by atoms with Crippen LogP contribution in [0.3, 0.4) is 0 Å². The number of hydrogen-bond donors (Lipinski definition) is 2. The number of nitrogens with zero attached hydrogens (tertiary/aromatic N) is 1. The Morgan fingerprint density at radius 1 is 1.80 bits per heavy atom. The van der Waals surface area contributed by atoms with Gasteiger partial charge in [0, 0.05) is 0 Å². The number of alkyl halides is 1. The molecule has 54 valence electrons. The molecule has 1 aliphatic heterocycles. The highest BCUT2D eigenvalue weighted by Gasteiger charge is 2.37. The lowest BCUT2D eigenvalue weighted by molar-refractivity contribution is 0.170. The van der Waals surface area contributed by atoms with Crippen molar-refractivity contribution in [3.05, 3.63) is 9.94 Å². The largest absolute Gasteiger partial charge is 0.358 e. The number of halogens is 2. The van der Waals surface area contributed by atoms with Crippen LogP contribution in [0.1, 0.15) is 0 Å². The van der Waals surface area contributed by atoms with Gasteiger partial charge in [-0.2, -0.15) is 5.26 Å². The summed E-state index contributed by atoms with van der Waals surface area (Å²) in [5, 5.41) is 15.6. The van der Waals surface area contributed by atoms with E-state index in [-0.39, 0.29) is 9.94 Å². The molecule has 0 aromatic heterocycles. The average Bonchev–Trinajstić information content (AvgIpc) is 2.10. The van der Waals surface area contributed by atoms with Crippen LogP contribution in [0.2, 0.25) is 0 Å². The first-order valence-corrected chi connectivity index (χ1v) is 3.81. The molecule has 1 rings (SSSR count). The van der Waals surface area contributed by atoms with Gasteiger partial charge in [0.05, 0.1) is 0 Å². The van der Waals surface area contributed by atoms with Gasteiger partial charge in [-0.3, -0.25) is 0 Å². The van der Waals surface area contributed by atoms with Gasteiger partial charge < -0.3 is 5.11 Å². The summed E-state index contributed by atoms with van der Waals surface area (Å²) >= 11 is 11.7. The first-order valence-electron chi connectivity index (χ1n) is 2.23. The summed E-state index contributed by atoms with van der Waals surface area (Å²) in [5.74, 6) is 0. The minimum Gasteiger partial charge on any atom is -0.358 e. The van der Waals surface area contributed by atoms with Crippen molar-refractivity contribution < 1.29 is 5.11 Å². The highest BCUT2D eigenvalue weighted by molar-refractivity contribution is 8.02. The lowest BCUT2D eigenvalue weighted by Gasteiger charge is -2.11. The number of hydrogen-bond acceptors (Lipinski definition) is 4. The summed E-state index contributed by atoms with van der Waals surface area (Å²) in [6.45, 7) is 0. The van der Waals surface area contributed by atoms with E-state index in [9.17, 15) is 0 Å². The van der Waals surface area contributed by atoms with Gasteiger partial charge in [0.15, 0.2) is 0 Å². The van der Waals surface area contributed by atoms with E-state index in [4.69, 9.17) is 33.6 Å². The standard InChI is InChI=1S/C4H2Cl2N2OS/c5-3-2(1-7)10-8-4(3,6)9/h8-9H. The van der Waals surface area contributed by atoms with Crippen molar-refractivity contribution in [3.63, 3.8) is 0 Å². The van der Waals surface area contributed by atoms with Gasteiger partial charge in [0.25, 0.3) is 0 Å². The average molecular weight is 197 g/mol. The van der Waals surface area contributed by atoms with Crippen LogP contribution in [0.25, 0.3) is 0 Å². The van der Waals surface area contributed by atoms with Crippen molar-refractivity contribution >= 4 is 35.1 Å². The quantitative estimate of drug-likeness (QED) is 0.346. The van der Waals surface area contributed by atoms with Crippen LogP contribution in [0.15, 0.2) is 9.94 Å². The number of nitriles is 1. The third-order valence-electron chi connectivity index (χ3n) is 0.880. The van der Waals surface area contributed by atoms with E-state index in [1.807, 2.05) is 0 Å². The third kappa shape index (κ3) is 1.24. The van der Waals surface area contributed by atoms with Crippen LogP contribution in [0.5, 0.6) is 0 Å². The maximum absolute atomic E-state index is 9.06. The Hall–Kier alpha value is 0.0800. The number of nitrogens with one attached hydrogen (secondary N) is 1. The fraction of sp³-hybridized carbons (Fsp3) is 0.250. The van der Waals surface area contributed by atoms with E-state index in [0.717, 1.165) is 11.9 Å². The van der Waals surface area contributed by atoms with Crippen molar-refractivity contribution in [1.29, 1.82) is 5.26 Å². The molecular formula is C4H2Cl2N2OS. The van der Waals surface area contributed by atoms with Crippen LogP contribution < -0.4 is 4.72 Å². The zero-order chi connectivity index (χ0) is 7.78. The zero-order valence-electron chi connectivity index (χ0n) is 4.56. The first kappa shape index (κ1) is 8.18. The normalized spacial score (nSPS) is 32.6.